The molecule has 122 valence electrons. The summed E-state index contributed by atoms with van der Waals surface area (Å²) in [6.07, 6.45) is 2.62. The van der Waals surface area contributed by atoms with Crippen LogP contribution in [0.4, 0.5) is 0 Å². The molecule has 0 radical (unpaired) electrons. The summed E-state index contributed by atoms with van der Waals surface area (Å²) >= 11 is 0. The first-order valence-electron chi connectivity index (χ1n) is 8.69. The Morgan fingerprint density at radius 2 is 1.73 bits per heavy atom. The third kappa shape index (κ3) is 5.06. The van der Waals surface area contributed by atoms with Crippen molar-refractivity contribution >= 4 is 0 Å². The van der Waals surface area contributed by atoms with Gasteiger partial charge in [-0.1, -0.05) is 24.3 Å². The van der Waals surface area contributed by atoms with Crippen LogP contribution in [0.1, 0.15) is 24.0 Å². The number of hydrogen-bond donors (Lipinski definition) is 2. The summed E-state index contributed by atoms with van der Waals surface area (Å²) in [6, 6.07) is 9.09. The molecule has 4 heteroatoms. The van der Waals surface area contributed by atoms with Gasteiger partial charge >= 0.3 is 0 Å². The van der Waals surface area contributed by atoms with E-state index in [0.717, 1.165) is 51.9 Å². The topological polar surface area (TPSA) is 36.5 Å². The van der Waals surface area contributed by atoms with Gasteiger partial charge in [0.1, 0.15) is 0 Å². The van der Waals surface area contributed by atoms with E-state index in [9.17, 15) is 0 Å². The first kappa shape index (κ1) is 15.9. The van der Waals surface area contributed by atoms with Crippen molar-refractivity contribution in [1.29, 1.82) is 0 Å². The van der Waals surface area contributed by atoms with E-state index in [2.05, 4.69) is 39.8 Å². The number of nitrogens with zero attached hydrogens (tertiary/aromatic N) is 1. The van der Waals surface area contributed by atoms with Gasteiger partial charge in [-0.3, -0.25) is 4.90 Å². The van der Waals surface area contributed by atoms with E-state index >= 15 is 0 Å². The van der Waals surface area contributed by atoms with Crippen LogP contribution in [-0.2, 0) is 17.8 Å². The van der Waals surface area contributed by atoms with Crippen LogP contribution < -0.4 is 10.6 Å². The number of ether oxygens (including phenoxy) is 1. The van der Waals surface area contributed by atoms with Gasteiger partial charge in [-0.15, -0.1) is 0 Å². The maximum absolute atomic E-state index is 5.40. The van der Waals surface area contributed by atoms with Crippen LogP contribution in [0.15, 0.2) is 24.3 Å². The summed E-state index contributed by atoms with van der Waals surface area (Å²) in [5.41, 5.74) is 2.80. The summed E-state index contributed by atoms with van der Waals surface area (Å²) in [4.78, 5) is 2.47. The number of benzene rings is 1. The Balaban J connectivity index is 1.39. The molecular formula is C18H29N3O. The molecule has 4 nitrogen and oxygen atoms in total. The molecule has 0 bridgehead atoms. The van der Waals surface area contributed by atoms with Crippen LogP contribution >= 0.6 is 0 Å². The predicted molar refractivity (Wildman–Crippen MR) is 89.8 cm³/mol. The first-order valence-corrected chi connectivity index (χ1v) is 8.69. The Labute approximate surface area is 134 Å². The van der Waals surface area contributed by atoms with Crippen LogP contribution in [-0.4, -0.2) is 50.8 Å². The molecule has 2 N–H and O–H groups in total. The van der Waals surface area contributed by atoms with Crippen LogP contribution in [0.2, 0.25) is 0 Å². The van der Waals surface area contributed by atoms with Crippen molar-refractivity contribution in [3.8, 4) is 0 Å². The van der Waals surface area contributed by atoms with E-state index in [1.54, 1.807) is 0 Å². The molecule has 2 aliphatic rings. The van der Waals surface area contributed by atoms with Crippen LogP contribution in [0.5, 0.6) is 0 Å². The molecule has 2 heterocycles. The van der Waals surface area contributed by atoms with Gasteiger partial charge in [0.15, 0.2) is 0 Å². The average molecular weight is 303 g/mol. The third-order valence-electron chi connectivity index (χ3n) is 4.75. The van der Waals surface area contributed by atoms with E-state index in [4.69, 9.17) is 4.74 Å². The molecule has 0 unspecified atom stereocenters. The van der Waals surface area contributed by atoms with Crippen molar-refractivity contribution in [3.63, 3.8) is 0 Å². The normalized spacial score (nSPS) is 21.1. The monoisotopic (exact) mass is 303 g/mol. The number of rotatable bonds is 6. The van der Waals surface area contributed by atoms with Crippen LogP contribution in [0.3, 0.4) is 0 Å². The average Bonchev–Trinajstić information content (AvgIpc) is 2.58. The maximum Gasteiger partial charge on any atom is 0.0594 e. The second-order valence-corrected chi connectivity index (χ2v) is 6.53. The minimum absolute atomic E-state index is 0.849. The van der Waals surface area contributed by atoms with E-state index in [0.29, 0.717) is 0 Å². The smallest absolute Gasteiger partial charge is 0.0594 e. The van der Waals surface area contributed by atoms with Crippen molar-refractivity contribution in [2.75, 3.05) is 45.9 Å². The molecule has 2 fully saturated rings. The van der Waals surface area contributed by atoms with Gasteiger partial charge in [-0.25, -0.2) is 0 Å². The van der Waals surface area contributed by atoms with Crippen molar-refractivity contribution in [3.05, 3.63) is 35.4 Å². The van der Waals surface area contributed by atoms with Gasteiger partial charge in [-0.05, 0) is 49.5 Å². The first-order chi connectivity index (χ1) is 10.9. The molecule has 0 saturated carbocycles. The standard InChI is InChI=1S/C18H29N3O/c1-3-18(15-21-9-11-22-12-10-21)4-2-16(1)13-20-14-17-5-7-19-8-6-17/h1-4,17,19-20H,5-15H2. The lowest BCUT2D eigenvalue weighted by Crippen LogP contribution is -2.35. The lowest BCUT2D eigenvalue weighted by atomic mass is 9.98. The Morgan fingerprint density at radius 1 is 1.05 bits per heavy atom. The number of hydrogen-bond acceptors (Lipinski definition) is 4. The quantitative estimate of drug-likeness (QED) is 0.837. The minimum Gasteiger partial charge on any atom is -0.379 e. The zero-order valence-electron chi connectivity index (χ0n) is 13.5. The summed E-state index contributed by atoms with van der Waals surface area (Å²) < 4.78 is 5.40. The molecule has 1 aromatic rings. The van der Waals surface area contributed by atoms with Gasteiger partial charge in [0.25, 0.3) is 0 Å². The van der Waals surface area contributed by atoms with Crippen molar-refractivity contribution in [1.82, 2.24) is 15.5 Å². The second kappa shape index (κ2) is 8.63. The maximum atomic E-state index is 5.40. The molecule has 0 amide bonds. The molecule has 2 saturated heterocycles. The fourth-order valence-corrected chi connectivity index (χ4v) is 3.29. The summed E-state index contributed by atoms with van der Waals surface area (Å²) in [5.74, 6) is 0.849. The van der Waals surface area contributed by atoms with Crippen molar-refractivity contribution in [2.45, 2.75) is 25.9 Å². The summed E-state index contributed by atoms with van der Waals surface area (Å²) in [6.45, 7) is 9.41. The highest BCUT2D eigenvalue weighted by Crippen LogP contribution is 2.11. The number of piperidine rings is 1. The van der Waals surface area contributed by atoms with Gasteiger partial charge in [0.05, 0.1) is 13.2 Å². The predicted octanol–water partition coefficient (Wildman–Crippen LogP) is 1.61. The fourth-order valence-electron chi connectivity index (χ4n) is 3.29. The SMILES string of the molecule is c1cc(CN2CCOCC2)ccc1CNCC1CCNCC1. The largest absolute Gasteiger partial charge is 0.379 e. The van der Waals surface area contributed by atoms with E-state index in [1.165, 1.54) is 37.1 Å². The Hall–Kier alpha value is -0.940. The molecule has 3 rings (SSSR count). The Kier molecular flexibility index (Phi) is 6.25. The molecule has 1 aromatic carbocycles. The Bertz CT molecular complexity index is 422. The fraction of sp³-hybridized carbons (Fsp3) is 0.667. The molecule has 0 aliphatic carbocycles. The molecule has 22 heavy (non-hydrogen) atoms. The number of nitrogens with one attached hydrogen (secondary N) is 2. The highest BCUT2D eigenvalue weighted by Gasteiger charge is 2.12. The van der Waals surface area contributed by atoms with Gasteiger partial charge < -0.3 is 15.4 Å². The lowest BCUT2D eigenvalue weighted by Gasteiger charge is -2.26. The van der Waals surface area contributed by atoms with Crippen molar-refractivity contribution < 1.29 is 4.74 Å². The second-order valence-electron chi connectivity index (χ2n) is 6.53. The number of morpholine rings is 1. The van der Waals surface area contributed by atoms with E-state index in [1.807, 2.05) is 0 Å². The molecule has 0 atom stereocenters. The van der Waals surface area contributed by atoms with Gasteiger partial charge in [0, 0.05) is 26.2 Å². The zero-order chi connectivity index (χ0) is 15.0. The van der Waals surface area contributed by atoms with Crippen molar-refractivity contribution in [2.24, 2.45) is 5.92 Å². The van der Waals surface area contributed by atoms with Gasteiger partial charge in [0.2, 0.25) is 0 Å². The molecule has 0 aromatic heterocycles. The highest BCUT2D eigenvalue weighted by molar-refractivity contribution is 5.22. The van der Waals surface area contributed by atoms with E-state index in [-0.39, 0.29) is 0 Å². The summed E-state index contributed by atoms with van der Waals surface area (Å²) in [5, 5.41) is 7.04. The highest BCUT2D eigenvalue weighted by atomic mass is 16.5. The Morgan fingerprint density at radius 3 is 2.45 bits per heavy atom. The van der Waals surface area contributed by atoms with Crippen LogP contribution in [0.25, 0.3) is 0 Å². The lowest BCUT2D eigenvalue weighted by molar-refractivity contribution is 0.0342. The van der Waals surface area contributed by atoms with E-state index < -0.39 is 0 Å². The third-order valence-corrected chi connectivity index (χ3v) is 4.75. The van der Waals surface area contributed by atoms with Crippen LogP contribution in [0, 0.1) is 5.92 Å². The minimum atomic E-state index is 0.849. The zero-order valence-corrected chi connectivity index (χ0v) is 13.5. The molecule has 0 spiro atoms. The molecular weight excluding hydrogens is 274 g/mol. The summed E-state index contributed by atoms with van der Waals surface area (Å²) in [7, 11) is 0. The molecule has 2 aliphatic heterocycles. The van der Waals surface area contributed by atoms with Gasteiger partial charge in [-0.2, -0.15) is 0 Å².